The van der Waals surface area contributed by atoms with Crippen LogP contribution in [0.3, 0.4) is 0 Å². The minimum atomic E-state index is -0.641. The normalized spacial score (nSPS) is 20.0. The Hall–Kier alpha value is -7.28. The molecule has 6 aliphatic carbocycles. The van der Waals surface area contributed by atoms with Gasteiger partial charge in [-0.15, -0.1) is 0 Å². The predicted molar refractivity (Wildman–Crippen MR) is 248 cm³/mol. The van der Waals surface area contributed by atoms with Gasteiger partial charge in [0, 0.05) is 5.92 Å². The highest BCUT2D eigenvalue weighted by molar-refractivity contribution is 6.26. The van der Waals surface area contributed by atoms with Crippen LogP contribution in [0.1, 0.15) is 39.8 Å². The number of hydrogen-bond acceptors (Lipinski definition) is 0. The fourth-order valence-corrected chi connectivity index (χ4v) is 12.7. The molecular weight excluding hydrogens is 721 g/mol. The molecule has 0 N–H and O–H groups in total. The van der Waals surface area contributed by atoms with Crippen molar-refractivity contribution in [1.82, 2.24) is 0 Å². The van der Waals surface area contributed by atoms with Gasteiger partial charge in [-0.25, -0.2) is 0 Å². The van der Waals surface area contributed by atoms with Gasteiger partial charge in [0.1, 0.15) is 0 Å². The second-order valence-electron chi connectivity index (χ2n) is 17.4. The van der Waals surface area contributed by atoms with Crippen LogP contribution in [-0.2, 0) is 10.8 Å². The van der Waals surface area contributed by atoms with Gasteiger partial charge in [-0.1, -0.05) is 206 Å². The maximum atomic E-state index is 2.63. The fraction of sp³-hybridized carbons (Fsp3) is 0.0667. The average molecular weight is 759 g/mol. The third-order valence-corrected chi connectivity index (χ3v) is 14.8. The summed E-state index contributed by atoms with van der Waals surface area (Å²) in [5, 5.41) is 7.91. The highest BCUT2D eigenvalue weighted by Gasteiger charge is 2.63. The SMILES string of the molecule is C1=CC2=C3C(=CC=C4C=C5C(=C(C=C2)C43)C(c2ccccc2)(c2ccccc2)C2=C5C(c3ccccc3)(c3ccccc3)c3c2cc2ccc4cccc5ccc3c2c45)C1. The number of rotatable bonds is 4. The molecule has 1 unspecified atom stereocenters. The van der Waals surface area contributed by atoms with Crippen molar-refractivity contribution in [2.45, 2.75) is 17.3 Å². The van der Waals surface area contributed by atoms with Crippen molar-refractivity contribution in [1.29, 1.82) is 0 Å². The zero-order valence-corrected chi connectivity index (χ0v) is 33.0. The van der Waals surface area contributed by atoms with E-state index in [1.807, 2.05) is 0 Å². The van der Waals surface area contributed by atoms with Gasteiger partial charge in [0.25, 0.3) is 0 Å². The summed E-state index contributed by atoms with van der Waals surface area (Å²) in [4.78, 5) is 0. The van der Waals surface area contributed by atoms with Gasteiger partial charge in [-0.05, 0) is 128 Å². The third kappa shape index (κ3) is 3.84. The van der Waals surface area contributed by atoms with Crippen LogP contribution in [0.15, 0.2) is 257 Å². The zero-order chi connectivity index (χ0) is 39.2. The summed E-state index contributed by atoms with van der Waals surface area (Å²) in [5.41, 5.74) is 19.4. The standard InChI is InChI=1S/C60H38/c1-5-19-43(20-6-1)59(44-21-7-2-8-22-44)55-47-33-31-39-17-13-15-37-27-29-41(53(47)51(37)39)35-49(55)58-57(59)50-36-42-30-28-38-16-14-18-40-32-34-48(54(42)52(38)40)56(50)60(58,45-23-9-3-10-24-45)46-25-11-4-12-26-46/h1-15,17-36,54H,16H2. The molecule has 0 amide bonds. The molecule has 1 atom stereocenters. The van der Waals surface area contributed by atoms with Crippen molar-refractivity contribution in [3.63, 3.8) is 0 Å². The molecule has 0 spiro atoms. The topological polar surface area (TPSA) is 0 Å². The van der Waals surface area contributed by atoms with E-state index in [1.165, 1.54) is 116 Å². The van der Waals surface area contributed by atoms with E-state index in [0.29, 0.717) is 0 Å². The lowest BCUT2D eigenvalue weighted by molar-refractivity contribution is 0.730. The molecule has 6 aliphatic rings. The van der Waals surface area contributed by atoms with Gasteiger partial charge in [0.15, 0.2) is 0 Å². The number of hydrogen-bond donors (Lipinski definition) is 0. The Labute approximate surface area is 349 Å². The summed E-state index contributed by atoms with van der Waals surface area (Å²) in [7, 11) is 0. The van der Waals surface area contributed by atoms with Gasteiger partial charge in [0.05, 0.1) is 10.8 Å². The van der Waals surface area contributed by atoms with Crippen molar-refractivity contribution in [3.8, 4) is 0 Å². The largest absolute Gasteiger partial charge is 0.0795 e. The van der Waals surface area contributed by atoms with Gasteiger partial charge in [-0.3, -0.25) is 0 Å². The molecule has 0 aliphatic heterocycles. The summed E-state index contributed by atoms with van der Waals surface area (Å²) < 4.78 is 0. The molecule has 0 aromatic heterocycles. The summed E-state index contributed by atoms with van der Waals surface area (Å²) in [5.74, 6) is 0.174. The van der Waals surface area contributed by atoms with Crippen LogP contribution in [0.2, 0.25) is 0 Å². The van der Waals surface area contributed by atoms with E-state index in [4.69, 9.17) is 0 Å². The summed E-state index contributed by atoms with van der Waals surface area (Å²) in [6, 6.07) is 64.8. The molecule has 0 radical (unpaired) electrons. The maximum absolute atomic E-state index is 2.63. The molecule has 0 fully saturated rings. The summed E-state index contributed by atoms with van der Waals surface area (Å²) in [6.07, 6.45) is 18.0. The van der Waals surface area contributed by atoms with Crippen molar-refractivity contribution in [3.05, 3.63) is 290 Å². The Kier molecular flexibility index (Phi) is 6.36. The highest BCUT2D eigenvalue weighted by atomic mass is 14.6. The number of fused-ring (bicyclic) bond motifs is 5. The predicted octanol–water partition coefficient (Wildman–Crippen LogP) is 14.2. The molecule has 0 saturated carbocycles. The Morgan fingerprint density at radius 3 is 1.72 bits per heavy atom. The van der Waals surface area contributed by atoms with Crippen LogP contribution in [0, 0.1) is 5.92 Å². The molecule has 0 saturated heterocycles. The molecule has 60 heavy (non-hydrogen) atoms. The van der Waals surface area contributed by atoms with E-state index in [1.54, 1.807) is 0 Å². The van der Waals surface area contributed by atoms with E-state index in [-0.39, 0.29) is 5.92 Å². The molecule has 8 aromatic rings. The first-order valence-corrected chi connectivity index (χ1v) is 21.4. The second kappa shape index (κ2) is 11.7. The molecule has 0 nitrogen and oxygen atoms in total. The van der Waals surface area contributed by atoms with E-state index in [0.717, 1.165) is 6.42 Å². The van der Waals surface area contributed by atoms with E-state index in [9.17, 15) is 0 Å². The lowest BCUT2D eigenvalue weighted by Crippen LogP contribution is -2.35. The first kappa shape index (κ1) is 32.7. The van der Waals surface area contributed by atoms with Gasteiger partial charge < -0.3 is 0 Å². The van der Waals surface area contributed by atoms with E-state index < -0.39 is 10.8 Å². The van der Waals surface area contributed by atoms with Gasteiger partial charge in [-0.2, -0.15) is 0 Å². The Bertz CT molecular complexity index is 3360. The second-order valence-corrected chi connectivity index (χ2v) is 17.4. The van der Waals surface area contributed by atoms with Gasteiger partial charge in [0.2, 0.25) is 0 Å². The van der Waals surface area contributed by atoms with E-state index in [2.05, 4.69) is 212 Å². The third-order valence-electron chi connectivity index (χ3n) is 14.8. The van der Waals surface area contributed by atoms with Crippen molar-refractivity contribution >= 4 is 37.9 Å². The number of benzene rings is 8. The van der Waals surface area contributed by atoms with Crippen LogP contribution >= 0.6 is 0 Å². The fourth-order valence-electron chi connectivity index (χ4n) is 12.7. The molecule has 14 rings (SSSR count). The smallest absolute Gasteiger partial charge is 0.0722 e. The molecule has 8 aromatic carbocycles. The first-order valence-electron chi connectivity index (χ1n) is 21.4. The molecule has 0 bridgehead atoms. The zero-order valence-electron chi connectivity index (χ0n) is 33.0. The van der Waals surface area contributed by atoms with Crippen LogP contribution < -0.4 is 0 Å². The van der Waals surface area contributed by atoms with Crippen LogP contribution in [0.5, 0.6) is 0 Å². The van der Waals surface area contributed by atoms with Crippen molar-refractivity contribution in [2.24, 2.45) is 5.92 Å². The Balaban J connectivity index is 1.26. The highest BCUT2D eigenvalue weighted by Crippen LogP contribution is 2.73. The average Bonchev–Trinajstić information content (AvgIpc) is 3.80. The quantitative estimate of drug-likeness (QED) is 0.157. The van der Waals surface area contributed by atoms with E-state index >= 15 is 0 Å². The maximum Gasteiger partial charge on any atom is 0.0722 e. The number of allylic oxidation sites excluding steroid dienone is 16. The van der Waals surface area contributed by atoms with Gasteiger partial charge >= 0.3 is 0 Å². The Morgan fingerprint density at radius 2 is 1.07 bits per heavy atom. The van der Waals surface area contributed by atoms with Crippen LogP contribution in [0.25, 0.3) is 37.9 Å². The molecule has 278 valence electrons. The molecule has 0 heterocycles. The van der Waals surface area contributed by atoms with Crippen molar-refractivity contribution in [2.75, 3.05) is 0 Å². The van der Waals surface area contributed by atoms with Crippen LogP contribution in [0.4, 0.5) is 0 Å². The Morgan fingerprint density at radius 1 is 0.467 bits per heavy atom. The molecular formula is C60H38. The summed E-state index contributed by atoms with van der Waals surface area (Å²) >= 11 is 0. The lowest BCUT2D eigenvalue weighted by Gasteiger charge is -2.44. The minimum Gasteiger partial charge on any atom is -0.0795 e. The molecule has 0 heteroatoms. The van der Waals surface area contributed by atoms with Crippen molar-refractivity contribution < 1.29 is 0 Å². The van der Waals surface area contributed by atoms with Crippen LogP contribution in [-0.4, -0.2) is 0 Å². The minimum absolute atomic E-state index is 0.174. The monoisotopic (exact) mass is 758 g/mol. The lowest BCUT2D eigenvalue weighted by atomic mass is 9.57. The summed E-state index contributed by atoms with van der Waals surface area (Å²) in [6.45, 7) is 0. The first-order chi connectivity index (χ1) is 29.8.